The van der Waals surface area contributed by atoms with Crippen molar-refractivity contribution in [2.75, 3.05) is 5.32 Å². The maximum absolute atomic E-state index is 12.2. The smallest absolute Gasteiger partial charge is 0.293 e. The first kappa shape index (κ1) is 18.9. The molecule has 2 aromatic rings. The number of benzene rings is 2. The third kappa shape index (κ3) is 4.66. The molecule has 0 heterocycles. The van der Waals surface area contributed by atoms with Crippen molar-refractivity contribution in [1.82, 2.24) is 10.9 Å². The summed E-state index contributed by atoms with van der Waals surface area (Å²) < 4.78 is 0. The molecular formula is C17H14Cl2N4O4. The van der Waals surface area contributed by atoms with Crippen molar-refractivity contribution in [3.8, 4) is 0 Å². The zero-order valence-corrected chi connectivity index (χ0v) is 15.3. The molecule has 10 heteroatoms. The summed E-state index contributed by atoms with van der Waals surface area (Å²) in [5.41, 5.74) is 4.66. The number of anilines is 1. The molecule has 0 spiro atoms. The highest BCUT2D eigenvalue weighted by Gasteiger charge is 2.25. The number of carbonyl (C=O) groups is 2. The number of amides is 2. The second-order valence-corrected chi connectivity index (χ2v) is 6.78. The van der Waals surface area contributed by atoms with Gasteiger partial charge in [0.2, 0.25) is 0 Å². The monoisotopic (exact) mass is 408 g/mol. The Morgan fingerprint density at radius 1 is 1.04 bits per heavy atom. The van der Waals surface area contributed by atoms with Gasteiger partial charge in [-0.1, -0.05) is 23.2 Å². The molecule has 0 radical (unpaired) electrons. The van der Waals surface area contributed by atoms with E-state index in [0.29, 0.717) is 10.7 Å². The van der Waals surface area contributed by atoms with Gasteiger partial charge in [0.25, 0.3) is 17.5 Å². The molecule has 1 aliphatic carbocycles. The van der Waals surface area contributed by atoms with Crippen LogP contribution in [0.25, 0.3) is 0 Å². The normalized spacial score (nSPS) is 13.0. The maximum atomic E-state index is 12.2. The second-order valence-electron chi connectivity index (χ2n) is 5.94. The number of nitro benzene ring substituents is 1. The van der Waals surface area contributed by atoms with Crippen molar-refractivity contribution in [1.29, 1.82) is 0 Å². The van der Waals surface area contributed by atoms with Crippen LogP contribution >= 0.6 is 23.2 Å². The van der Waals surface area contributed by atoms with E-state index in [2.05, 4.69) is 16.2 Å². The molecule has 0 aliphatic heterocycles. The van der Waals surface area contributed by atoms with Gasteiger partial charge in [-0.2, -0.15) is 0 Å². The van der Waals surface area contributed by atoms with Crippen molar-refractivity contribution in [2.45, 2.75) is 18.9 Å². The number of nitrogens with zero attached hydrogens (tertiary/aromatic N) is 1. The topological polar surface area (TPSA) is 113 Å². The quantitative estimate of drug-likeness (QED) is 0.516. The Balaban J connectivity index is 1.70. The van der Waals surface area contributed by atoms with Gasteiger partial charge in [-0.05, 0) is 43.2 Å². The molecule has 3 rings (SSSR count). The van der Waals surface area contributed by atoms with Crippen LogP contribution in [0.5, 0.6) is 0 Å². The minimum absolute atomic E-state index is 0.0283. The fourth-order valence-corrected chi connectivity index (χ4v) is 2.69. The Morgan fingerprint density at radius 2 is 1.74 bits per heavy atom. The first-order chi connectivity index (χ1) is 12.8. The van der Waals surface area contributed by atoms with Gasteiger partial charge in [-0.3, -0.25) is 30.6 Å². The summed E-state index contributed by atoms with van der Waals surface area (Å²) >= 11 is 11.8. The van der Waals surface area contributed by atoms with Crippen molar-refractivity contribution in [3.05, 3.63) is 67.7 Å². The van der Waals surface area contributed by atoms with Gasteiger partial charge in [0.05, 0.1) is 15.5 Å². The molecule has 0 aromatic heterocycles. The summed E-state index contributed by atoms with van der Waals surface area (Å²) in [7, 11) is 0. The maximum Gasteiger partial charge on any atom is 0.293 e. The number of hydrogen-bond acceptors (Lipinski definition) is 5. The number of hydrogen-bond donors (Lipinski definition) is 3. The minimum Gasteiger partial charge on any atom is -0.377 e. The summed E-state index contributed by atoms with van der Waals surface area (Å²) in [6, 6.07) is 8.62. The second kappa shape index (κ2) is 7.81. The number of nitrogens with one attached hydrogen (secondary N) is 3. The zero-order chi connectivity index (χ0) is 19.6. The first-order valence-corrected chi connectivity index (χ1v) is 8.71. The molecule has 27 heavy (non-hydrogen) atoms. The molecule has 1 aliphatic rings. The van der Waals surface area contributed by atoms with Gasteiger partial charge >= 0.3 is 0 Å². The molecule has 1 saturated carbocycles. The predicted molar refractivity (Wildman–Crippen MR) is 101 cm³/mol. The summed E-state index contributed by atoms with van der Waals surface area (Å²) in [5, 5.41) is 14.8. The number of hydrazine groups is 1. The van der Waals surface area contributed by atoms with Crippen LogP contribution in [0.2, 0.25) is 10.0 Å². The Morgan fingerprint density at radius 3 is 2.41 bits per heavy atom. The summed E-state index contributed by atoms with van der Waals surface area (Å²) in [6.45, 7) is 0. The van der Waals surface area contributed by atoms with E-state index in [9.17, 15) is 19.7 Å². The van der Waals surface area contributed by atoms with Crippen LogP contribution in [0.1, 0.15) is 33.6 Å². The molecule has 0 saturated heterocycles. The van der Waals surface area contributed by atoms with E-state index in [4.69, 9.17) is 23.2 Å². The Labute approximate surface area is 164 Å². The number of rotatable bonds is 5. The molecule has 2 amide bonds. The SMILES string of the molecule is O=C(NNC(=O)c1cc(Cl)ccc1Cl)c1ccc(NC2CC2)c([N+](=O)[O-])c1. The molecular weight excluding hydrogens is 395 g/mol. The van der Waals surface area contributed by atoms with E-state index in [0.717, 1.165) is 18.9 Å². The molecule has 3 N–H and O–H groups in total. The first-order valence-electron chi connectivity index (χ1n) is 7.96. The third-order valence-corrected chi connectivity index (χ3v) is 4.42. The van der Waals surface area contributed by atoms with E-state index < -0.39 is 16.7 Å². The lowest BCUT2D eigenvalue weighted by atomic mass is 10.1. The van der Waals surface area contributed by atoms with E-state index in [-0.39, 0.29) is 27.9 Å². The van der Waals surface area contributed by atoms with Crippen LogP contribution in [0.4, 0.5) is 11.4 Å². The standard InChI is InChI=1S/C17H14Cl2N4O4/c18-10-2-5-13(19)12(8-10)17(25)22-21-16(24)9-1-6-14(20-11-3-4-11)15(7-9)23(26)27/h1-2,5-8,11,20H,3-4H2,(H,21,24)(H,22,25). The summed E-state index contributed by atoms with van der Waals surface area (Å²) in [6.07, 6.45) is 1.91. The van der Waals surface area contributed by atoms with Gasteiger partial charge < -0.3 is 5.32 Å². The molecule has 0 bridgehead atoms. The zero-order valence-electron chi connectivity index (χ0n) is 13.8. The van der Waals surface area contributed by atoms with Gasteiger partial charge in [-0.25, -0.2) is 0 Å². The fourth-order valence-electron chi connectivity index (χ4n) is 2.32. The molecule has 0 unspecified atom stereocenters. The Hall–Kier alpha value is -2.84. The highest BCUT2D eigenvalue weighted by molar-refractivity contribution is 6.35. The largest absolute Gasteiger partial charge is 0.377 e. The number of carbonyl (C=O) groups excluding carboxylic acids is 2. The molecule has 0 atom stereocenters. The predicted octanol–water partition coefficient (Wildman–Crippen LogP) is 3.55. The van der Waals surface area contributed by atoms with E-state index in [1.807, 2.05) is 0 Å². The Bertz CT molecular complexity index is 931. The van der Waals surface area contributed by atoms with Crippen LogP contribution < -0.4 is 16.2 Å². The lowest BCUT2D eigenvalue weighted by Crippen LogP contribution is -2.41. The Kier molecular flexibility index (Phi) is 5.48. The van der Waals surface area contributed by atoms with E-state index in [1.165, 1.54) is 30.3 Å². The van der Waals surface area contributed by atoms with Crippen molar-refractivity contribution < 1.29 is 14.5 Å². The number of halogens is 2. The van der Waals surface area contributed by atoms with Gasteiger partial charge in [0.1, 0.15) is 5.69 Å². The van der Waals surface area contributed by atoms with Crippen molar-refractivity contribution >= 4 is 46.4 Å². The molecule has 8 nitrogen and oxygen atoms in total. The van der Waals surface area contributed by atoms with Crippen LogP contribution in [0.3, 0.4) is 0 Å². The van der Waals surface area contributed by atoms with Crippen LogP contribution in [-0.4, -0.2) is 22.8 Å². The average Bonchev–Trinajstić information content (AvgIpc) is 3.45. The lowest BCUT2D eigenvalue weighted by Gasteiger charge is -2.10. The highest BCUT2D eigenvalue weighted by Crippen LogP contribution is 2.31. The average molecular weight is 409 g/mol. The molecule has 1 fully saturated rings. The lowest BCUT2D eigenvalue weighted by molar-refractivity contribution is -0.384. The number of nitro groups is 1. The summed E-state index contributed by atoms with van der Waals surface area (Å²) in [5.74, 6) is -1.38. The van der Waals surface area contributed by atoms with Gasteiger partial charge in [0.15, 0.2) is 0 Å². The van der Waals surface area contributed by atoms with E-state index in [1.54, 1.807) is 0 Å². The molecule has 140 valence electrons. The van der Waals surface area contributed by atoms with Crippen molar-refractivity contribution in [3.63, 3.8) is 0 Å². The van der Waals surface area contributed by atoms with Crippen LogP contribution in [0, 0.1) is 10.1 Å². The van der Waals surface area contributed by atoms with Gasteiger partial charge in [-0.15, -0.1) is 0 Å². The van der Waals surface area contributed by atoms with E-state index >= 15 is 0 Å². The summed E-state index contributed by atoms with van der Waals surface area (Å²) in [4.78, 5) is 35.0. The highest BCUT2D eigenvalue weighted by atomic mass is 35.5. The molecule has 2 aromatic carbocycles. The minimum atomic E-state index is -0.706. The third-order valence-electron chi connectivity index (χ3n) is 3.86. The van der Waals surface area contributed by atoms with Crippen LogP contribution in [-0.2, 0) is 0 Å². The fraction of sp³-hybridized carbons (Fsp3) is 0.176. The van der Waals surface area contributed by atoms with Crippen molar-refractivity contribution in [2.24, 2.45) is 0 Å². The van der Waals surface area contributed by atoms with Gasteiger partial charge in [0, 0.05) is 22.7 Å². The van der Waals surface area contributed by atoms with Crippen LogP contribution in [0.15, 0.2) is 36.4 Å².